The van der Waals surface area contributed by atoms with Gasteiger partial charge in [-0.05, 0) is 75.8 Å². The van der Waals surface area contributed by atoms with Crippen LogP contribution in [-0.4, -0.2) is 75.4 Å². The molecule has 9 nitrogen and oxygen atoms in total. The number of benzene rings is 1. The second-order valence-corrected chi connectivity index (χ2v) is 9.73. The van der Waals surface area contributed by atoms with E-state index >= 15 is 0 Å². The lowest BCUT2D eigenvalue weighted by Crippen LogP contribution is -2.26. The molecule has 1 aromatic carbocycles. The largest absolute Gasteiger partial charge is 0.492 e. The van der Waals surface area contributed by atoms with Gasteiger partial charge in [0.15, 0.2) is 11.5 Å². The summed E-state index contributed by atoms with van der Waals surface area (Å²) in [5.41, 5.74) is 5.25. The molecule has 190 valence electrons. The van der Waals surface area contributed by atoms with Gasteiger partial charge in [0, 0.05) is 30.6 Å². The van der Waals surface area contributed by atoms with Crippen LogP contribution in [0.15, 0.2) is 42.7 Å². The molecule has 5 heterocycles. The van der Waals surface area contributed by atoms with Gasteiger partial charge in [0.2, 0.25) is 0 Å². The maximum absolute atomic E-state index is 14.5. The first-order valence-electron chi connectivity index (χ1n) is 12.5. The molecule has 0 saturated carbocycles. The molecular formula is C27H29FN8O. The fraction of sp³-hybridized carbons (Fsp3) is 0.333. The number of imidazole rings is 1. The minimum atomic E-state index is -0.387. The van der Waals surface area contributed by atoms with Crippen molar-refractivity contribution in [3.8, 4) is 28.5 Å². The lowest BCUT2D eigenvalue weighted by molar-refractivity contribution is 0.260. The van der Waals surface area contributed by atoms with Crippen molar-refractivity contribution in [1.29, 1.82) is 0 Å². The van der Waals surface area contributed by atoms with E-state index < -0.39 is 0 Å². The van der Waals surface area contributed by atoms with E-state index in [9.17, 15) is 4.39 Å². The Hall–Kier alpha value is -3.89. The molecule has 1 aliphatic rings. The lowest BCUT2D eigenvalue weighted by Gasteiger charge is -2.22. The maximum atomic E-state index is 14.5. The van der Waals surface area contributed by atoms with Crippen LogP contribution in [0.4, 0.5) is 4.39 Å². The zero-order chi connectivity index (χ0) is 25.4. The van der Waals surface area contributed by atoms with Gasteiger partial charge in [-0.1, -0.05) is 0 Å². The zero-order valence-electron chi connectivity index (χ0n) is 20.9. The fourth-order valence-electron chi connectivity index (χ4n) is 4.87. The summed E-state index contributed by atoms with van der Waals surface area (Å²) in [6.45, 7) is 3.22. The number of ether oxygens (including phenoxy) is 1. The molecule has 0 spiro atoms. The van der Waals surface area contributed by atoms with Crippen molar-refractivity contribution >= 4 is 22.1 Å². The van der Waals surface area contributed by atoms with Gasteiger partial charge in [-0.2, -0.15) is 5.10 Å². The highest BCUT2D eigenvalue weighted by Gasteiger charge is 2.20. The van der Waals surface area contributed by atoms with E-state index in [2.05, 4.69) is 36.5 Å². The van der Waals surface area contributed by atoms with Crippen molar-refractivity contribution < 1.29 is 9.13 Å². The average Bonchev–Trinajstić information content (AvgIpc) is 3.52. The molecule has 1 fully saturated rings. The summed E-state index contributed by atoms with van der Waals surface area (Å²) in [4.78, 5) is 19.4. The van der Waals surface area contributed by atoms with E-state index in [-0.39, 0.29) is 5.82 Å². The van der Waals surface area contributed by atoms with Crippen molar-refractivity contribution in [2.24, 2.45) is 0 Å². The number of nitrogens with one attached hydrogen (secondary N) is 3. The summed E-state index contributed by atoms with van der Waals surface area (Å²) in [6.07, 6.45) is 5.82. The highest BCUT2D eigenvalue weighted by Crippen LogP contribution is 2.33. The van der Waals surface area contributed by atoms with Crippen LogP contribution < -0.4 is 10.1 Å². The monoisotopic (exact) mass is 500 g/mol. The number of nitrogens with zero attached hydrogens (tertiary/aromatic N) is 5. The molecule has 6 rings (SSSR count). The summed E-state index contributed by atoms with van der Waals surface area (Å²) in [7, 11) is 3.93. The van der Waals surface area contributed by atoms with Crippen LogP contribution in [0.2, 0.25) is 0 Å². The number of pyridine rings is 2. The molecule has 0 bridgehead atoms. The van der Waals surface area contributed by atoms with Crippen LogP contribution >= 0.6 is 0 Å². The molecule has 0 aliphatic carbocycles. The number of hydrogen-bond donors (Lipinski definition) is 3. The van der Waals surface area contributed by atoms with E-state index in [1.165, 1.54) is 17.7 Å². The molecular weight excluding hydrogens is 471 g/mol. The topological polar surface area (TPSA) is 108 Å². The highest BCUT2D eigenvalue weighted by molar-refractivity contribution is 5.95. The number of halogens is 1. The van der Waals surface area contributed by atoms with Gasteiger partial charge in [0.25, 0.3) is 0 Å². The molecule has 1 aliphatic heterocycles. The second-order valence-electron chi connectivity index (χ2n) is 9.73. The van der Waals surface area contributed by atoms with Gasteiger partial charge in [-0.25, -0.2) is 14.4 Å². The zero-order valence-corrected chi connectivity index (χ0v) is 20.9. The third-order valence-corrected chi connectivity index (χ3v) is 6.83. The quantitative estimate of drug-likeness (QED) is 0.309. The van der Waals surface area contributed by atoms with Gasteiger partial charge in [-0.3, -0.25) is 10.1 Å². The standard InChI is InChI=1S/C27H29FN8O/c1-36(2)9-10-37-20-12-17(11-19(28)14-20)23-25-22(5-8-30-23)32-27(33-25)24-21-13-18(15-31-26(21)35-34-24)16-3-6-29-7-4-16/h5,8,11-16,29H,3-4,6-7,9-10H2,1-2H3,(H,32,33)(H,31,34,35). The van der Waals surface area contributed by atoms with E-state index in [0.717, 1.165) is 49.0 Å². The summed E-state index contributed by atoms with van der Waals surface area (Å²) in [5, 5.41) is 11.9. The van der Waals surface area contributed by atoms with Gasteiger partial charge in [0.1, 0.15) is 29.4 Å². The van der Waals surface area contributed by atoms with Crippen LogP contribution in [0, 0.1) is 5.82 Å². The van der Waals surface area contributed by atoms with Crippen molar-refractivity contribution in [3.63, 3.8) is 0 Å². The molecule has 0 amide bonds. The van der Waals surface area contributed by atoms with Crippen molar-refractivity contribution in [3.05, 3.63) is 54.1 Å². The van der Waals surface area contributed by atoms with E-state index in [0.29, 0.717) is 46.6 Å². The Morgan fingerprint density at radius 2 is 1.95 bits per heavy atom. The van der Waals surface area contributed by atoms with Crippen molar-refractivity contribution in [1.82, 2.24) is 40.3 Å². The number of rotatable bonds is 7. The lowest BCUT2D eigenvalue weighted by atomic mass is 9.91. The first-order chi connectivity index (χ1) is 18.0. The van der Waals surface area contributed by atoms with E-state index in [1.807, 2.05) is 31.3 Å². The number of aromatic nitrogens is 6. The summed E-state index contributed by atoms with van der Waals surface area (Å²) >= 11 is 0. The van der Waals surface area contributed by atoms with Crippen molar-refractivity contribution in [2.45, 2.75) is 18.8 Å². The number of H-pyrrole nitrogens is 2. The van der Waals surface area contributed by atoms with Crippen LogP contribution in [0.1, 0.15) is 24.3 Å². The molecule has 10 heteroatoms. The molecule has 3 N–H and O–H groups in total. The average molecular weight is 501 g/mol. The number of fused-ring (bicyclic) bond motifs is 2. The van der Waals surface area contributed by atoms with Crippen LogP contribution in [-0.2, 0) is 0 Å². The molecule has 1 saturated heterocycles. The number of aromatic amines is 2. The molecule has 5 aromatic rings. The molecule has 0 radical (unpaired) electrons. The van der Waals surface area contributed by atoms with Gasteiger partial charge in [0.05, 0.1) is 16.6 Å². The molecule has 0 atom stereocenters. The van der Waals surface area contributed by atoms with Crippen LogP contribution in [0.3, 0.4) is 0 Å². The fourth-order valence-corrected chi connectivity index (χ4v) is 4.87. The normalized spacial score (nSPS) is 14.7. The summed E-state index contributed by atoms with van der Waals surface area (Å²) in [5.74, 6) is 1.16. The van der Waals surface area contributed by atoms with E-state index in [1.54, 1.807) is 12.3 Å². The first-order valence-corrected chi connectivity index (χ1v) is 12.5. The van der Waals surface area contributed by atoms with E-state index in [4.69, 9.17) is 9.72 Å². The Bertz CT molecular complexity index is 1550. The number of hydrogen-bond acceptors (Lipinski definition) is 7. The Morgan fingerprint density at radius 3 is 2.78 bits per heavy atom. The molecule has 0 unspecified atom stereocenters. The molecule has 37 heavy (non-hydrogen) atoms. The third-order valence-electron chi connectivity index (χ3n) is 6.83. The van der Waals surface area contributed by atoms with Gasteiger partial charge in [-0.15, -0.1) is 0 Å². The summed E-state index contributed by atoms with van der Waals surface area (Å²) < 4.78 is 20.3. The Labute approximate surface area is 213 Å². The number of likely N-dealkylation sites (N-methyl/N-ethyl adjacent to an activating group) is 1. The van der Waals surface area contributed by atoms with Crippen molar-refractivity contribution in [2.75, 3.05) is 40.3 Å². The maximum Gasteiger partial charge on any atom is 0.159 e. The third kappa shape index (κ3) is 4.77. The number of piperidine rings is 1. The minimum Gasteiger partial charge on any atom is -0.492 e. The summed E-state index contributed by atoms with van der Waals surface area (Å²) in [6, 6.07) is 8.67. The predicted molar refractivity (Wildman–Crippen MR) is 141 cm³/mol. The highest BCUT2D eigenvalue weighted by atomic mass is 19.1. The smallest absolute Gasteiger partial charge is 0.159 e. The second kappa shape index (κ2) is 9.87. The van der Waals surface area contributed by atoms with Gasteiger partial charge >= 0.3 is 0 Å². The Balaban J connectivity index is 1.37. The first kappa shape index (κ1) is 23.5. The van der Waals surface area contributed by atoms with Gasteiger partial charge < -0.3 is 19.9 Å². The molecule has 4 aromatic heterocycles. The Morgan fingerprint density at radius 1 is 1.08 bits per heavy atom. The van der Waals surface area contributed by atoms with Crippen LogP contribution in [0.5, 0.6) is 5.75 Å². The Kier molecular flexibility index (Phi) is 6.27. The predicted octanol–water partition coefficient (Wildman–Crippen LogP) is 4.11. The minimum absolute atomic E-state index is 0.387. The SMILES string of the molecule is CN(C)CCOc1cc(F)cc(-c2nccc3[nH]c(-c4n[nH]c5ncc(C6CCNCC6)cc45)nc23)c1. The van der Waals surface area contributed by atoms with Crippen LogP contribution in [0.25, 0.3) is 44.8 Å².